The van der Waals surface area contributed by atoms with E-state index in [9.17, 15) is 4.79 Å². The summed E-state index contributed by atoms with van der Waals surface area (Å²) in [5.74, 6) is -0.264. The van der Waals surface area contributed by atoms with E-state index in [1.54, 1.807) is 0 Å². The smallest absolute Gasteiger partial charge is 0.338 e. The zero-order chi connectivity index (χ0) is 17.8. The summed E-state index contributed by atoms with van der Waals surface area (Å²) in [4.78, 5) is 12.4. The van der Waals surface area contributed by atoms with E-state index in [-0.39, 0.29) is 5.97 Å². The van der Waals surface area contributed by atoms with Gasteiger partial charge in [-0.25, -0.2) is 4.79 Å². The van der Waals surface area contributed by atoms with Crippen molar-refractivity contribution in [2.75, 3.05) is 6.61 Å². The normalized spacial score (nSPS) is 10.5. The Labute approximate surface area is 149 Å². The van der Waals surface area contributed by atoms with Gasteiger partial charge in [-0.3, -0.25) is 0 Å². The number of rotatable bonds is 4. The molecule has 0 spiro atoms. The predicted octanol–water partition coefficient (Wildman–Crippen LogP) is 5.81. The second kappa shape index (κ2) is 7.35. The molecular formula is C23H22O2. The molecule has 2 heteroatoms. The highest BCUT2D eigenvalue weighted by atomic mass is 16.5. The van der Waals surface area contributed by atoms with E-state index in [4.69, 9.17) is 4.74 Å². The zero-order valence-corrected chi connectivity index (χ0v) is 14.9. The summed E-state index contributed by atoms with van der Waals surface area (Å²) in [7, 11) is 0. The monoisotopic (exact) mass is 330 g/mol. The van der Waals surface area contributed by atoms with Crippen LogP contribution >= 0.6 is 0 Å². The molecule has 2 nitrogen and oxygen atoms in total. The Morgan fingerprint density at radius 1 is 0.840 bits per heavy atom. The van der Waals surface area contributed by atoms with E-state index in [0.717, 1.165) is 33.4 Å². The summed E-state index contributed by atoms with van der Waals surface area (Å²) >= 11 is 0. The molecule has 0 saturated carbocycles. The minimum absolute atomic E-state index is 0.264. The lowest BCUT2D eigenvalue weighted by molar-refractivity contribution is 0.0525. The first-order valence-corrected chi connectivity index (χ1v) is 8.55. The maximum Gasteiger partial charge on any atom is 0.338 e. The highest BCUT2D eigenvalue weighted by Crippen LogP contribution is 2.39. The maximum atomic E-state index is 12.4. The van der Waals surface area contributed by atoms with Crippen LogP contribution in [-0.2, 0) is 4.74 Å². The van der Waals surface area contributed by atoms with Crippen molar-refractivity contribution in [3.8, 4) is 22.3 Å². The molecule has 0 aliphatic heterocycles. The number of aryl methyl sites for hydroxylation is 1. The molecule has 0 amide bonds. The number of benzene rings is 3. The van der Waals surface area contributed by atoms with Crippen LogP contribution in [0.25, 0.3) is 22.3 Å². The number of carbonyl (C=O) groups is 1. The van der Waals surface area contributed by atoms with E-state index < -0.39 is 0 Å². The topological polar surface area (TPSA) is 26.3 Å². The van der Waals surface area contributed by atoms with E-state index in [1.165, 1.54) is 0 Å². The fraction of sp³-hybridized carbons (Fsp3) is 0.174. The van der Waals surface area contributed by atoms with Crippen LogP contribution in [0.2, 0.25) is 0 Å². The fourth-order valence-corrected chi connectivity index (χ4v) is 3.28. The molecule has 0 bridgehead atoms. The number of ether oxygens (including phenoxy) is 1. The minimum atomic E-state index is -0.264. The van der Waals surface area contributed by atoms with Gasteiger partial charge in [0, 0.05) is 0 Å². The molecule has 3 aromatic rings. The van der Waals surface area contributed by atoms with Crippen molar-refractivity contribution in [3.05, 3.63) is 83.4 Å². The summed E-state index contributed by atoms with van der Waals surface area (Å²) in [5.41, 5.74) is 7.17. The summed E-state index contributed by atoms with van der Waals surface area (Å²) in [5, 5.41) is 0. The van der Waals surface area contributed by atoms with Crippen LogP contribution in [0.1, 0.15) is 28.4 Å². The van der Waals surface area contributed by atoms with Gasteiger partial charge in [-0.1, -0.05) is 60.7 Å². The molecule has 0 aromatic heterocycles. The zero-order valence-electron chi connectivity index (χ0n) is 14.9. The number of hydrogen-bond donors (Lipinski definition) is 0. The standard InChI is InChI=1S/C23H22O2/c1-4-25-23(24)20-15-16(2)21(18-11-7-5-8-12-18)22(17(20)3)19-13-9-6-10-14-19/h5-15H,4H2,1-3H3. The van der Waals surface area contributed by atoms with Crippen LogP contribution in [0.5, 0.6) is 0 Å². The summed E-state index contributed by atoms with van der Waals surface area (Å²) in [6, 6.07) is 22.5. The van der Waals surface area contributed by atoms with Crippen molar-refractivity contribution < 1.29 is 9.53 Å². The van der Waals surface area contributed by atoms with Gasteiger partial charge in [-0.15, -0.1) is 0 Å². The van der Waals surface area contributed by atoms with Crippen LogP contribution in [0, 0.1) is 13.8 Å². The number of esters is 1. The lowest BCUT2D eigenvalue weighted by atomic mass is 9.85. The Morgan fingerprint density at radius 3 is 1.88 bits per heavy atom. The van der Waals surface area contributed by atoms with E-state index in [1.807, 2.05) is 56.3 Å². The van der Waals surface area contributed by atoms with Crippen molar-refractivity contribution in [1.82, 2.24) is 0 Å². The highest BCUT2D eigenvalue weighted by Gasteiger charge is 2.20. The lowest BCUT2D eigenvalue weighted by Crippen LogP contribution is -2.09. The van der Waals surface area contributed by atoms with Crippen LogP contribution in [-0.4, -0.2) is 12.6 Å². The minimum Gasteiger partial charge on any atom is -0.462 e. The van der Waals surface area contributed by atoms with Crippen molar-refractivity contribution >= 4 is 5.97 Å². The maximum absolute atomic E-state index is 12.4. The largest absolute Gasteiger partial charge is 0.462 e. The predicted molar refractivity (Wildman–Crippen MR) is 103 cm³/mol. The van der Waals surface area contributed by atoms with Gasteiger partial charge >= 0.3 is 5.97 Å². The molecule has 0 atom stereocenters. The molecule has 3 aromatic carbocycles. The molecule has 0 aliphatic rings. The van der Waals surface area contributed by atoms with Crippen molar-refractivity contribution in [2.45, 2.75) is 20.8 Å². The third-order valence-corrected chi connectivity index (χ3v) is 4.40. The summed E-state index contributed by atoms with van der Waals surface area (Å²) < 4.78 is 5.26. The molecule has 0 N–H and O–H groups in total. The number of carbonyl (C=O) groups excluding carboxylic acids is 1. The highest BCUT2D eigenvalue weighted by molar-refractivity contribution is 5.98. The van der Waals surface area contributed by atoms with Crippen molar-refractivity contribution in [2.24, 2.45) is 0 Å². The van der Waals surface area contributed by atoms with Gasteiger partial charge in [-0.05, 0) is 60.2 Å². The van der Waals surface area contributed by atoms with Gasteiger partial charge in [0.15, 0.2) is 0 Å². The molecule has 0 saturated heterocycles. The van der Waals surface area contributed by atoms with Gasteiger partial charge in [-0.2, -0.15) is 0 Å². The van der Waals surface area contributed by atoms with E-state index in [0.29, 0.717) is 12.2 Å². The Kier molecular flexibility index (Phi) is 4.99. The lowest BCUT2D eigenvalue weighted by Gasteiger charge is -2.19. The molecule has 0 aliphatic carbocycles. The van der Waals surface area contributed by atoms with E-state index in [2.05, 4.69) is 31.2 Å². The Morgan fingerprint density at radius 2 is 1.36 bits per heavy atom. The molecule has 0 radical (unpaired) electrons. The average Bonchev–Trinajstić information content (AvgIpc) is 2.64. The fourth-order valence-electron chi connectivity index (χ4n) is 3.28. The number of hydrogen-bond acceptors (Lipinski definition) is 2. The van der Waals surface area contributed by atoms with Gasteiger partial charge in [0.05, 0.1) is 12.2 Å². The van der Waals surface area contributed by atoms with Crippen LogP contribution < -0.4 is 0 Å². The van der Waals surface area contributed by atoms with Crippen LogP contribution in [0.15, 0.2) is 66.7 Å². The van der Waals surface area contributed by atoms with Crippen LogP contribution in [0.3, 0.4) is 0 Å². The third kappa shape index (κ3) is 3.34. The third-order valence-electron chi connectivity index (χ3n) is 4.40. The average molecular weight is 330 g/mol. The van der Waals surface area contributed by atoms with Crippen LogP contribution in [0.4, 0.5) is 0 Å². The first-order valence-electron chi connectivity index (χ1n) is 8.55. The second-order valence-electron chi connectivity index (χ2n) is 6.07. The quantitative estimate of drug-likeness (QED) is 0.564. The molecule has 0 heterocycles. The Hall–Kier alpha value is -2.87. The van der Waals surface area contributed by atoms with Crippen molar-refractivity contribution in [3.63, 3.8) is 0 Å². The summed E-state index contributed by atoms with van der Waals surface area (Å²) in [6.07, 6.45) is 0. The Bertz CT molecular complexity index is 881. The van der Waals surface area contributed by atoms with Gasteiger partial charge in [0.25, 0.3) is 0 Å². The van der Waals surface area contributed by atoms with Crippen molar-refractivity contribution in [1.29, 1.82) is 0 Å². The summed E-state index contributed by atoms with van der Waals surface area (Å²) in [6.45, 7) is 6.26. The van der Waals surface area contributed by atoms with Gasteiger partial charge in [0.1, 0.15) is 0 Å². The molecule has 0 unspecified atom stereocenters. The van der Waals surface area contributed by atoms with E-state index >= 15 is 0 Å². The molecule has 0 fully saturated rings. The molecule has 25 heavy (non-hydrogen) atoms. The molecule has 3 rings (SSSR count). The SMILES string of the molecule is CCOC(=O)c1cc(C)c(-c2ccccc2)c(-c2ccccc2)c1C. The van der Waals surface area contributed by atoms with Gasteiger partial charge in [0.2, 0.25) is 0 Å². The van der Waals surface area contributed by atoms with Gasteiger partial charge < -0.3 is 4.74 Å². The molecular weight excluding hydrogens is 308 g/mol. The first kappa shape index (κ1) is 17.0. The molecule has 126 valence electrons. The Balaban J connectivity index is 2.32. The second-order valence-corrected chi connectivity index (χ2v) is 6.07. The first-order chi connectivity index (χ1) is 12.1.